The summed E-state index contributed by atoms with van der Waals surface area (Å²) < 4.78 is 12.5. The van der Waals surface area contributed by atoms with Crippen molar-refractivity contribution in [3.8, 4) is 28.6 Å². The van der Waals surface area contributed by atoms with Crippen LogP contribution in [0, 0.1) is 0 Å². The number of nitrogens with zero attached hydrogens (tertiary/aromatic N) is 3. The van der Waals surface area contributed by atoms with Crippen LogP contribution < -0.4 is 20.6 Å². The zero-order chi connectivity index (χ0) is 22.3. The fraction of sp³-hybridized carbons (Fsp3) is 0.0870. The second kappa shape index (κ2) is 9.88. The predicted octanol–water partition coefficient (Wildman–Crippen LogP) is 4.19. The second-order valence-electron chi connectivity index (χ2n) is 6.65. The molecule has 0 radical (unpaired) electrons. The number of benzene rings is 3. The minimum Gasteiger partial charge on any atom is -0.496 e. The van der Waals surface area contributed by atoms with Crippen LogP contribution in [-0.2, 0) is 4.79 Å². The third-order valence-electron chi connectivity index (χ3n) is 4.46. The van der Waals surface area contributed by atoms with Gasteiger partial charge in [0.25, 0.3) is 0 Å². The molecule has 0 bridgehead atoms. The second-order valence-corrected chi connectivity index (χ2v) is 7.60. The topological polar surface area (TPSA) is 104 Å². The lowest BCUT2D eigenvalue weighted by Crippen LogP contribution is -2.16. The first-order chi connectivity index (χ1) is 15.6. The van der Waals surface area contributed by atoms with E-state index < -0.39 is 0 Å². The Morgan fingerprint density at radius 1 is 0.969 bits per heavy atom. The van der Waals surface area contributed by atoms with Gasteiger partial charge in [0.2, 0.25) is 11.1 Å². The number of nitrogens with one attached hydrogen (secondary N) is 1. The molecule has 3 N–H and O–H groups in total. The van der Waals surface area contributed by atoms with Gasteiger partial charge in [-0.25, -0.2) is 4.68 Å². The summed E-state index contributed by atoms with van der Waals surface area (Å²) in [6.07, 6.45) is 0. The molecule has 0 saturated heterocycles. The molecule has 0 saturated carbocycles. The van der Waals surface area contributed by atoms with Crippen molar-refractivity contribution in [3.05, 3.63) is 78.9 Å². The van der Waals surface area contributed by atoms with Gasteiger partial charge in [-0.05, 0) is 48.5 Å². The maximum atomic E-state index is 12.4. The number of thioether (sulfide) groups is 1. The molecular formula is C23H21N5O3S. The van der Waals surface area contributed by atoms with E-state index in [1.165, 1.54) is 16.4 Å². The zero-order valence-electron chi connectivity index (χ0n) is 17.3. The molecule has 162 valence electrons. The average molecular weight is 448 g/mol. The standard InChI is InChI=1S/C23H21N5O3S/c1-30-20-10-6-5-9-19(20)22-26-27-23(28(22)24)32-15-21(29)25-16-11-13-18(14-12-16)31-17-7-3-2-4-8-17/h2-14H,15,24H2,1H3,(H,25,29). The SMILES string of the molecule is COc1ccccc1-c1nnc(SCC(=O)Nc2ccc(Oc3ccccc3)cc2)n1N. The van der Waals surface area contributed by atoms with Crippen molar-refractivity contribution in [2.24, 2.45) is 0 Å². The van der Waals surface area contributed by atoms with Gasteiger partial charge >= 0.3 is 0 Å². The van der Waals surface area contributed by atoms with Gasteiger partial charge in [-0.2, -0.15) is 0 Å². The van der Waals surface area contributed by atoms with Gasteiger partial charge in [-0.1, -0.05) is 42.1 Å². The molecule has 1 aromatic heterocycles. The molecule has 0 unspecified atom stereocenters. The minimum atomic E-state index is -0.187. The third kappa shape index (κ3) is 5.01. The van der Waals surface area contributed by atoms with Gasteiger partial charge in [0.05, 0.1) is 18.4 Å². The summed E-state index contributed by atoms with van der Waals surface area (Å²) in [5.41, 5.74) is 1.39. The highest BCUT2D eigenvalue weighted by atomic mass is 32.2. The highest BCUT2D eigenvalue weighted by molar-refractivity contribution is 7.99. The van der Waals surface area contributed by atoms with Crippen LogP contribution in [0.25, 0.3) is 11.4 Å². The lowest BCUT2D eigenvalue weighted by Gasteiger charge is -2.09. The highest BCUT2D eigenvalue weighted by Crippen LogP contribution is 2.29. The van der Waals surface area contributed by atoms with Gasteiger partial charge in [-0.3, -0.25) is 4.79 Å². The summed E-state index contributed by atoms with van der Waals surface area (Å²) >= 11 is 1.20. The van der Waals surface area contributed by atoms with Crippen molar-refractivity contribution >= 4 is 23.4 Å². The third-order valence-corrected chi connectivity index (χ3v) is 5.40. The Morgan fingerprint density at radius 3 is 2.41 bits per heavy atom. The van der Waals surface area contributed by atoms with E-state index in [0.29, 0.717) is 28.2 Å². The van der Waals surface area contributed by atoms with E-state index in [1.807, 2.05) is 54.6 Å². The van der Waals surface area contributed by atoms with Gasteiger partial charge in [0, 0.05) is 5.69 Å². The molecular weight excluding hydrogens is 426 g/mol. The molecule has 4 aromatic rings. The van der Waals surface area contributed by atoms with Crippen LogP contribution in [0.1, 0.15) is 0 Å². The van der Waals surface area contributed by atoms with Crippen LogP contribution >= 0.6 is 11.8 Å². The maximum Gasteiger partial charge on any atom is 0.234 e. The average Bonchev–Trinajstić information content (AvgIpc) is 3.19. The van der Waals surface area contributed by atoms with Crippen molar-refractivity contribution in [1.82, 2.24) is 14.9 Å². The number of anilines is 1. The largest absolute Gasteiger partial charge is 0.496 e. The van der Waals surface area contributed by atoms with E-state index in [9.17, 15) is 4.79 Å². The summed E-state index contributed by atoms with van der Waals surface area (Å²) in [5.74, 6) is 8.62. The molecule has 1 heterocycles. The summed E-state index contributed by atoms with van der Waals surface area (Å²) in [7, 11) is 1.58. The summed E-state index contributed by atoms with van der Waals surface area (Å²) in [6.45, 7) is 0. The van der Waals surface area contributed by atoms with Crippen molar-refractivity contribution in [3.63, 3.8) is 0 Å². The summed E-state index contributed by atoms with van der Waals surface area (Å²) in [6, 6.07) is 24.0. The monoisotopic (exact) mass is 447 g/mol. The Labute approximate surface area is 189 Å². The van der Waals surface area contributed by atoms with Gasteiger partial charge in [0.1, 0.15) is 17.2 Å². The van der Waals surface area contributed by atoms with Crippen LogP contribution in [0.3, 0.4) is 0 Å². The summed E-state index contributed by atoms with van der Waals surface area (Å²) in [4.78, 5) is 12.4. The minimum absolute atomic E-state index is 0.128. The van der Waals surface area contributed by atoms with E-state index in [-0.39, 0.29) is 11.7 Å². The maximum absolute atomic E-state index is 12.4. The molecule has 1 amide bonds. The number of rotatable bonds is 8. The molecule has 0 fully saturated rings. The van der Waals surface area contributed by atoms with Crippen LogP contribution in [0.5, 0.6) is 17.2 Å². The quantitative estimate of drug-likeness (QED) is 0.308. The Hall–Kier alpha value is -3.98. The molecule has 0 spiro atoms. The normalized spacial score (nSPS) is 10.5. The number of amides is 1. The lowest BCUT2D eigenvalue weighted by molar-refractivity contribution is -0.113. The van der Waals surface area contributed by atoms with Gasteiger partial charge in [0.15, 0.2) is 5.82 Å². The van der Waals surface area contributed by atoms with Crippen LogP contribution in [-0.4, -0.2) is 33.6 Å². The molecule has 0 aliphatic carbocycles. The Kier molecular flexibility index (Phi) is 6.57. The van der Waals surface area contributed by atoms with E-state index in [0.717, 1.165) is 11.3 Å². The van der Waals surface area contributed by atoms with E-state index in [4.69, 9.17) is 15.3 Å². The summed E-state index contributed by atoms with van der Waals surface area (Å²) in [5, 5.41) is 11.5. The first-order valence-corrected chi connectivity index (χ1v) is 10.7. The van der Waals surface area contributed by atoms with E-state index in [1.54, 1.807) is 31.4 Å². The predicted molar refractivity (Wildman–Crippen MR) is 124 cm³/mol. The molecule has 9 heteroatoms. The molecule has 4 rings (SSSR count). The zero-order valence-corrected chi connectivity index (χ0v) is 18.1. The molecule has 3 aromatic carbocycles. The molecule has 8 nitrogen and oxygen atoms in total. The molecule has 0 aliphatic heterocycles. The van der Waals surface area contributed by atoms with Crippen LogP contribution in [0.15, 0.2) is 84.0 Å². The fourth-order valence-corrected chi connectivity index (χ4v) is 3.60. The van der Waals surface area contributed by atoms with Crippen LogP contribution in [0.2, 0.25) is 0 Å². The molecule has 32 heavy (non-hydrogen) atoms. The Morgan fingerprint density at radius 2 is 1.66 bits per heavy atom. The number of hydrogen-bond acceptors (Lipinski definition) is 7. The van der Waals surface area contributed by atoms with E-state index in [2.05, 4.69) is 15.5 Å². The number of aromatic nitrogens is 3. The number of nitrogen functional groups attached to an aromatic ring is 1. The van der Waals surface area contributed by atoms with Crippen LogP contribution in [0.4, 0.5) is 5.69 Å². The fourth-order valence-electron chi connectivity index (χ4n) is 2.95. The number of carbonyl (C=O) groups excluding carboxylic acids is 1. The number of para-hydroxylation sites is 2. The highest BCUT2D eigenvalue weighted by Gasteiger charge is 2.16. The molecule has 0 atom stereocenters. The van der Waals surface area contributed by atoms with Crippen molar-refractivity contribution in [1.29, 1.82) is 0 Å². The van der Waals surface area contributed by atoms with Crippen molar-refractivity contribution < 1.29 is 14.3 Å². The van der Waals surface area contributed by atoms with Crippen molar-refractivity contribution in [2.45, 2.75) is 5.16 Å². The molecule has 0 aliphatic rings. The number of nitrogens with two attached hydrogens (primary N) is 1. The first kappa shape index (κ1) is 21.3. The Bertz CT molecular complexity index is 1200. The van der Waals surface area contributed by atoms with Gasteiger partial charge in [-0.15, -0.1) is 10.2 Å². The lowest BCUT2D eigenvalue weighted by atomic mass is 10.2. The first-order valence-electron chi connectivity index (χ1n) is 9.73. The number of ether oxygens (including phenoxy) is 2. The number of carbonyl (C=O) groups is 1. The Balaban J connectivity index is 1.34. The number of hydrogen-bond donors (Lipinski definition) is 2. The van der Waals surface area contributed by atoms with Crippen molar-refractivity contribution in [2.75, 3.05) is 24.0 Å². The number of methoxy groups -OCH3 is 1. The smallest absolute Gasteiger partial charge is 0.234 e. The van der Waals surface area contributed by atoms with E-state index >= 15 is 0 Å². The van der Waals surface area contributed by atoms with Gasteiger partial charge < -0.3 is 20.6 Å².